The number of aromatic nitrogens is 2. The van der Waals surface area contributed by atoms with Gasteiger partial charge in [0, 0.05) is 44.6 Å². The number of nitrogens with zero attached hydrogens (tertiary/aromatic N) is 5. The summed E-state index contributed by atoms with van der Waals surface area (Å²) in [6.45, 7) is 2.96. The maximum atomic E-state index is 12.4. The fraction of sp³-hybridized carbons (Fsp3) is 0.400. The van der Waals surface area contributed by atoms with Crippen LogP contribution >= 0.6 is 0 Å². The van der Waals surface area contributed by atoms with Gasteiger partial charge in [-0.2, -0.15) is 0 Å². The van der Waals surface area contributed by atoms with E-state index in [2.05, 4.69) is 20.2 Å². The Morgan fingerprint density at radius 1 is 1.27 bits per heavy atom. The van der Waals surface area contributed by atoms with E-state index in [9.17, 15) is 9.59 Å². The molecule has 2 aliphatic heterocycles. The second-order valence-corrected chi connectivity index (χ2v) is 7.68. The average molecular weight is 410 g/mol. The number of carbonyl (C=O) groups excluding carboxylic acids is 2. The first-order chi connectivity index (χ1) is 14.4. The van der Waals surface area contributed by atoms with Gasteiger partial charge in [0.05, 0.1) is 12.2 Å². The minimum Gasteiger partial charge on any atom is -0.399 e. The van der Waals surface area contributed by atoms with Crippen molar-refractivity contribution < 1.29 is 9.59 Å². The summed E-state index contributed by atoms with van der Waals surface area (Å²) in [6.07, 6.45) is 3.46. The lowest BCUT2D eigenvalue weighted by Gasteiger charge is -2.37. The van der Waals surface area contributed by atoms with Crippen molar-refractivity contribution in [2.24, 2.45) is 5.73 Å². The van der Waals surface area contributed by atoms with E-state index in [0.717, 1.165) is 32.5 Å². The largest absolute Gasteiger partial charge is 0.399 e. The highest BCUT2D eigenvalue weighted by Crippen LogP contribution is 2.26. The number of likely N-dealkylation sites (N-methyl/N-ethyl adjacent to an activating group) is 1. The van der Waals surface area contributed by atoms with E-state index in [1.807, 2.05) is 18.0 Å². The smallest absolute Gasteiger partial charge is 0.320 e. The number of carbonyl (C=O) groups is 2. The molecule has 3 amide bonds. The molecule has 4 rings (SSSR count). The second-order valence-electron chi connectivity index (χ2n) is 7.68. The molecule has 0 unspecified atom stereocenters. The molecule has 2 aromatic rings. The summed E-state index contributed by atoms with van der Waals surface area (Å²) in [7, 11) is 1.82. The lowest BCUT2D eigenvalue weighted by molar-refractivity contribution is 0.0996. The molecule has 158 valence electrons. The highest BCUT2D eigenvalue weighted by molar-refractivity contribution is 5.96. The van der Waals surface area contributed by atoms with Gasteiger partial charge in [0.2, 0.25) is 0 Å². The molecular weight excluding hydrogens is 384 g/mol. The summed E-state index contributed by atoms with van der Waals surface area (Å²) < 4.78 is 0. The average Bonchev–Trinajstić information content (AvgIpc) is 3.06. The van der Waals surface area contributed by atoms with E-state index in [4.69, 9.17) is 11.5 Å². The van der Waals surface area contributed by atoms with Crippen LogP contribution in [0, 0.1) is 0 Å². The summed E-state index contributed by atoms with van der Waals surface area (Å²) in [5.74, 6) is 0.253. The van der Waals surface area contributed by atoms with Crippen LogP contribution in [0.2, 0.25) is 0 Å². The van der Waals surface area contributed by atoms with Crippen LogP contribution in [0.15, 0.2) is 30.5 Å². The molecule has 10 nitrogen and oxygen atoms in total. The Morgan fingerprint density at radius 3 is 2.80 bits per heavy atom. The molecule has 0 bridgehead atoms. The fourth-order valence-electron chi connectivity index (χ4n) is 3.98. The highest BCUT2D eigenvalue weighted by Gasteiger charge is 2.34. The van der Waals surface area contributed by atoms with Crippen molar-refractivity contribution in [3.63, 3.8) is 0 Å². The van der Waals surface area contributed by atoms with Crippen molar-refractivity contribution in [2.75, 3.05) is 49.2 Å². The van der Waals surface area contributed by atoms with Gasteiger partial charge < -0.3 is 31.5 Å². The van der Waals surface area contributed by atoms with Crippen LogP contribution in [0.5, 0.6) is 0 Å². The third-order valence-electron chi connectivity index (χ3n) is 5.55. The minimum atomic E-state index is -0.664. The number of urea groups is 1. The van der Waals surface area contributed by atoms with Gasteiger partial charge in [0.15, 0.2) is 11.5 Å². The molecule has 3 heterocycles. The van der Waals surface area contributed by atoms with Crippen molar-refractivity contribution >= 4 is 34.9 Å². The van der Waals surface area contributed by atoms with Crippen LogP contribution in [0.3, 0.4) is 0 Å². The SMILES string of the molecule is CN1CCN([C@H]2CCCN(c3cnc(C(N)=O)c(Nc4cccc(N)c4)n3)C2)C1=O. The van der Waals surface area contributed by atoms with Crippen molar-refractivity contribution in [1.82, 2.24) is 19.8 Å². The van der Waals surface area contributed by atoms with Crippen LogP contribution < -0.4 is 21.7 Å². The van der Waals surface area contributed by atoms with Crippen molar-refractivity contribution in [1.29, 1.82) is 0 Å². The zero-order valence-electron chi connectivity index (χ0n) is 16.9. The Kier molecular flexibility index (Phi) is 5.30. The Morgan fingerprint density at radius 2 is 2.10 bits per heavy atom. The molecule has 2 saturated heterocycles. The maximum Gasteiger partial charge on any atom is 0.320 e. The molecule has 0 spiro atoms. The fourth-order valence-corrected chi connectivity index (χ4v) is 3.98. The lowest BCUT2D eigenvalue weighted by Crippen LogP contribution is -2.49. The topological polar surface area (TPSA) is 134 Å². The van der Waals surface area contributed by atoms with Crippen molar-refractivity contribution in [3.05, 3.63) is 36.2 Å². The summed E-state index contributed by atoms with van der Waals surface area (Å²) >= 11 is 0. The standard InChI is InChI=1S/C20H26N8O2/c1-26-8-9-28(20(26)30)15-6-3-7-27(12-15)16-11-23-17(18(22)29)19(25-16)24-14-5-2-4-13(21)10-14/h2,4-5,10-11,15H,3,6-9,12,21H2,1H3,(H2,22,29)(H,24,25)/t15-/m0/s1. The number of piperidine rings is 1. The number of hydrogen-bond acceptors (Lipinski definition) is 7. The van der Waals surface area contributed by atoms with Gasteiger partial charge in [-0.05, 0) is 31.0 Å². The number of nitrogen functional groups attached to an aromatic ring is 1. The molecule has 10 heteroatoms. The van der Waals surface area contributed by atoms with Crippen LogP contribution in [0.25, 0.3) is 0 Å². The summed E-state index contributed by atoms with van der Waals surface area (Å²) in [5, 5.41) is 3.10. The first-order valence-electron chi connectivity index (χ1n) is 9.98. The molecule has 0 aliphatic carbocycles. The summed E-state index contributed by atoms with van der Waals surface area (Å²) in [4.78, 5) is 38.9. The van der Waals surface area contributed by atoms with Gasteiger partial charge in [0.1, 0.15) is 5.82 Å². The second kappa shape index (κ2) is 8.05. The zero-order valence-corrected chi connectivity index (χ0v) is 16.9. The molecule has 5 N–H and O–H groups in total. The highest BCUT2D eigenvalue weighted by atomic mass is 16.2. The number of hydrogen-bond donors (Lipinski definition) is 3. The first-order valence-corrected chi connectivity index (χ1v) is 9.98. The van der Waals surface area contributed by atoms with Gasteiger partial charge in [-0.3, -0.25) is 4.79 Å². The minimum absolute atomic E-state index is 0.0612. The Hall–Kier alpha value is -3.56. The number of amides is 3. The van der Waals surface area contributed by atoms with Gasteiger partial charge in [0.25, 0.3) is 5.91 Å². The summed E-state index contributed by atoms with van der Waals surface area (Å²) in [6, 6.07) is 7.33. The Balaban J connectivity index is 1.57. The Labute approximate surface area is 174 Å². The van der Waals surface area contributed by atoms with Crippen molar-refractivity contribution in [3.8, 4) is 0 Å². The maximum absolute atomic E-state index is 12.4. The van der Waals surface area contributed by atoms with E-state index in [-0.39, 0.29) is 23.6 Å². The first kappa shape index (κ1) is 19.7. The van der Waals surface area contributed by atoms with Gasteiger partial charge in [-0.25, -0.2) is 14.8 Å². The summed E-state index contributed by atoms with van der Waals surface area (Å²) in [5.41, 5.74) is 12.7. The lowest BCUT2D eigenvalue weighted by atomic mass is 10.0. The number of rotatable bonds is 5. The third-order valence-corrected chi connectivity index (χ3v) is 5.55. The number of nitrogens with two attached hydrogens (primary N) is 2. The van der Waals surface area contributed by atoms with Crippen molar-refractivity contribution in [2.45, 2.75) is 18.9 Å². The molecule has 0 saturated carbocycles. The number of nitrogens with one attached hydrogen (secondary N) is 1. The van der Waals surface area contributed by atoms with Crippen LogP contribution in [0.1, 0.15) is 23.3 Å². The molecule has 30 heavy (non-hydrogen) atoms. The van der Waals surface area contributed by atoms with Crippen LogP contribution in [0.4, 0.5) is 27.8 Å². The number of primary amides is 1. The van der Waals surface area contributed by atoms with E-state index in [1.54, 1.807) is 29.3 Å². The molecular formula is C20H26N8O2. The molecule has 0 radical (unpaired) electrons. The van der Waals surface area contributed by atoms with Crippen LogP contribution in [-0.4, -0.2) is 71.0 Å². The number of benzene rings is 1. The van der Waals surface area contributed by atoms with E-state index in [1.165, 1.54) is 0 Å². The molecule has 2 aliphatic rings. The van der Waals surface area contributed by atoms with Gasteiger partial charge in [-0.1, -0.05) is 6.07 Å². The monoisotopic (exact) mass is 410 g/mol. The van der Waals surface area contributed by atoms with E-state index >= 15 is 0 Å². The predicted octanol–water partition coefficient (Wildman–Crippen LogP) is 1.24. The van der Waals surface area contributed by atoms with Gasteiger partial charge in [-0.15, -0.1) is 0 Å². The van der Waals surface area contributed by atoms with Crippen LogP contribution in [-0.2, 0) is 0 Å². The van der Waals surface area contributed by atoms with Gasteiger partial charge >= 0.3 is 6.03 Å². The third kappa shape index (κ3) is 3.93. The molecule has 1 aromatic heterocycles. The van der Waals surface area contributed by atoms with E-state index in [0.29, 0.717) is 23.7 Å². The van der Waals surface area contributed by atoms with E-state index < -0.39 is 5.91 Å². The molecule has 2 fully saturated rings. The zero-order chi connectivity index (χ0) is 21.3. The molecule has 1 aromatic carbocycles. The quantitative estimate of drug-likeness (QED) is 0.631. The molecule has 1 atom stereocenters. The number of anilines is 4. The predicted molar refractivity (Wildman–Crippen MR) is 115 cm³/mol. The Bertz CT molecular complexity index is 966. The normalized spacial score (nSPS) is 19.3.